The number of benzene rings is 1. The summed E-state index contributed by atoms with van der Waals surface area (Å²) in [6.07, 6.45) is 2.90. The molecule has 1 aromatic carbocycles. The highest BCUT2D eigenvalue weighted by atomic mass is 32.2. The number of ether oxygens (including phenoxy) is 2. The maximum atomic E-state index is 12.7. The number of piperazine rings is 1. The van der Waals surface area contributed by atoms with Gasteiger partial charge in [-0.1, -0.05) is 37.0 Å². The normalized spacial score (nSPS) is 22.4. The number of fused-ring (bicyclic) bond motifs is 1. The molecule has 0 N–H and O–H groups in total. The van der Waals surface area contributed by atoms with E-state index in [-0.39, 0.29) is 11.9 Å². The summed E-state index contributed by atoms with van der Waals surface area (Å²) >= 11 is 6.83. The first-order valence-electron chi connectivity index (χ1n) is 9.67. The first-order chi connectivity index (χ1) is 13.5. The van der Waals surface area contributed by atoms with Crippen LogP contribution in [-0.4, -0.2) is 63.9 Å². The van der Waals surface area contributed by atoms with Gasteiger partial charge in [0.25, 0.3) is 5.91 Å². The Morgan fingerprint density at radius 2 is 1.96 bits per heavy atom. The van der Waals surface area contributed by atoms with Crippen LogP contribution in [0.25, 0.3) is 0 Å². The smallest absolute Gasteiger partial charge is 0.267 e. The molecule has 2 fully saturated rings. The predicted octanol–water partition coefficient (Wildman–Crippen LogP) is 3.03. The van der Waals surface area contributed by atoms with E-state index in [0.717, 1.165) is 55.5 Å². The molecule has 6 nitrogen and oxygen atoms in total. The van der Waals surface area contributed by atoms with Crippen LogP contribution in [0.2, 0.25) is 0 Å². The summed E-state index contributed by atoms with van der Waals surface area (Å²) in [6, 6.07) is 6.29. The number of nitrogens with zero attached hydrogens (tertiary/aromatic N) is 3. The van der Waals surface area contributed by atoms with Crippen molar-refractivity contribution in [3.8, 4) is 11.5 Å². The molecule has 3 aliphatic rings. The second kappa shape index (κ2) is 8.31. The van der Waals surface area contributed by atoms with Crippen LogP contribution in [0.3, 0.4) is 0 Å². The maximum absolute atomic E-state index is 12.7. The highest BCUT2D eigenvalue weighted by Crippen LogP contribution is 2.34. The Kier molecular flexibility index (Phi) is 5.80. The molecule has 0 aliphatic carbocycles. The van der Waals surface area contributed by atoms with Gasteiger partial charge in [0.2, 0.25) is 6.79 Å². The zero-order chi connectivity index (χ0) is 19.7. The number of amides is 1. The van der Waals surface area contributed by atoms with Crippen LogP contribution in [0.1, 0.15) is 25.8 Å². The summed E-state index contributed by atoms with van der Waals surface area (Å²) in [6.45, 7) is 9.03. The Morgan fingerprint density at radius 1 is 1.21 bits per heavy atom. The summed E-state index contributed by atoms with van der Waals surface area (Å²) in [4.78, 5) is 19.8. The highest BCUT2D eigenvalue weighted by molar-refractivity contribution is 8.26. The molecule has 0 radical (unpaired) electrons. The second-order valence-electron chi connectivity index (χ2n) is 7.29. The number of carbonyl (C=O) groups is 1. The van der Waals surface area contributed by atoms with Crippen molar-refractivity contribution in [2.45, 2.75) is 32.9 Å². The van der Waals surface area contributed by atoms with E-state index in [9.17, 15) is 4.79 Å². The third kappa shape index (κ3) is 3.99. The van der Waals surface area contributed by atoms with E-state index in [2.05, 4.69) is 28.9 Å². The van der Waals surface area contributed by atoms with Crippen LogP contribution < -0.4 is 9.47 Å². The number of rotatable bonds is 5. The molecular weight excluding hydrogens is 394 g/mol. The van der Waals surface area contributed by atoms with Crippen LogP contribution in [0.15, 0.2) is 29.3 Å². The first kappa shape index (κ1) is 19.5. The van der Waals surface area contributed by atoms with Crippen LogP contribution in [-0.2, 0) is 11.3 Å². The molecule has 0 bridgehead atoms. The van der Waals surface area contributed by atoms with Crippen LogP contribution in [0.4, 0.5) is 0 Å². The zero-order valence-electron chi connectivity index (χ0n) is 16.2. The monoisotopic (exact) mass is 419 g/mol. The van der Waals surface area contributed by atoms with E-state index >= 15 is 0 Å². The van der Waals surface area contributed by atoms with Crippen LogP contribution >= 0.6 is 24.0 Å². The molecule has 1 amide bonds. The fourth-order valence-corrected chi connectivity index (χ4v) is 5.02. The van der Waals surface area contributed by atoms with Gasteiger partial charge in [-0.15, -0.1) is 0 Å². The van der Waals surface area contributed by atoms with Gasteiger partial charge in [-0.25, -0.2) is 0 Å². The van der Waals surface area contributed by atoms with Crippen molar-refractivity contribution in [1.29, 1.82) is 0 Å². The van der Waals surface area contributed by atoms with E-state index in [1.54, 1.807) is 4.90 Å². The fraction of sp³-hybridized carbons (Fsp3) is 0.500. The molecule has 3 heterocycles. The molecule has 4 rings (SSSR count). The number of hydrogen-bond donors (Lipinski definition) is 0. The lowest BCUT2D eigenvalue weighted by atomic mass is 10.1. The number of thiocarbonyl (C=S) groups is 1. The van der Waals surface area contributed by atoms with E-state index in [4.69, 9.17) is 21.7 Å². The van der Waals surface area contributed by atoms with Crippen molar-refractivity contribution in [3.63, 3.8) is 0 Å². The summed E-state index contributed by atoms with van der Waals surface area (Å²) in [5.74, 6) is 1.70. The Balaban J connectivity index is 1.32. The van der Waals surface area contributed by atoms with E-state index < -0.39 is 0 Å². The zero-order valence-corrected chi connectivity index (χ0v) is 17.9. The molecule has 0 spiro atoms. The third-order valence-electron chi connectivity index (χ3n) is 5.41. The minimum Gasteiger partial charge on any atom is -0.454 e. The van der Waals surface area contributed by atoms with Crippen molar-refractivity contribution in [1.82, 2.24) is 14.7 Å². The van der Waals surface area contributed by atoms with Crippen LogP contribution in [0, 0.1) is 0 Å². The topological polar surface area (TPSA) is 45.3 Å². The Hall–Kier alpha value is -1.77. The Bertz CT molecular complexity index is 806. The minimum atomic E-state index is 0.0483. The van der Waals surface area contributed by atoms with Gasteiger partial charge < -0.3 is 14.4 Å². The summed E-state index contributed by atoms with van der Waals surface area (Å²) < 4.78 is 11.5. The molecule has 0 unspecified atom stereocenters. The molecule has 0 aromatic heterocycles. The van der Waals surface area contributed by atoms with Gasteiger partial charge in [0, 0.05) is 45.0 Å². The van der Waals surface area contributed by atoms with E-state index in [0.29, 0.717) is 11.1 Å². The van der Waals surface area contributed by atoms with Gasteiger partial charge in [0.05, 0.1) is 4.91 Å². The number of hydrogen-bond acceptors (Lipinski definition) is 7. The van der Waals surface area contributed by atoms with Crippen LogP contribution in [0.5, 0.6) is 11.5 Å². The molecular formula is C20H25N3O3S2. The lowest BCUT2D eigenvalue weighted by Crippen LogP contribution is -2.43. The van der Waals surface area contributed by atoms with Crippen molar-refractivity contribution in [2.24, 2.45) is 0 Å². The average molecular weight is 420 g/mol. The Morgan fingerprint density at radius 3 is 2.71 bits per heavy atom. The van der Waals surface area contributed by atoms with Crippen molar-refractivity contribution in [3.05, 3.63) is 34.9 Å². The third-order valence-corrected chi connectivity index (χ3v) is 6.72. The molecule has 1 aromatic rings. The van der Waals surface area contributed by atoms with Gasteiger partial charge in [-0.05, 0) is 31.0 Å². The van der Waals surface area contributed by atoms with Crippen molar-refractivity contribution in [2.75, 3.05) is 33.0 Å². The fourth-order valence-electron chi connectivity index (χ4n) is 3.55. The molecule has 3 aliphatic heterocycles. The highest BCUT2D eigenvalue weighted by Gasteiger charge is 2.35. The number of thioether (sulfide) groups is 1. The van der Waals surface area contributed by atoms with Gasteiger partial charge in [-0.3, -0.25) is 14.6 Å². The number of carbonyl (C=O) groups excluding carboxylic acids is 1. The molecule has 0 saturated carbocycles. The first-order valence-corrected chi connectivity index (χ1v) is 10.9. The quantitative estimate of drug-likeness (QED) is 0.537. The van der Waals surface area contributed by atoms with E-state index in [1.165, 1.54) is 17.3 Å². The molecule has 2 saturated heterocycles. The Labute approximate surface area is 175 Å². The van der Waals surface area contributed by atoms with Crippen molar-refractivity contribution < 1.29 is 14.3 Å². The summed E-state index contributed by atoms with van der Waals surface area (Å²) in [7, 11) is 0. The van der Waals surface area contributed by atoms with Gasteiger partial charge in [-0.2, -0.15) is 0 Å². The van der Waals surface area contributed by atoms with Crippen molar-refractivity contribution >= 4 is 34.2 Å². The van der Waals surface area contributed by atoms with E-state index in [1.807, 2.05) is 19.2 Å². The summed E-state index contributed by atoms with van der Waals surface area (Å²) in [5.41, 5.74) is 1.23. The SMILES string of the molecule is CC[C@H](C)N1C(=O)/C(=C/N2CCN(Cc3ccc4c(c3)OCO4)CC2)SC1=S. The molecule has 28 heavy (non-hydrogen) atoms. The van der Waals surface area contributed by atoms with Gasteiger partial charge in [0.1, 0.15) is 4.32 Å². The molecule has 8 heteroatoms. The summed E-state index contributed by atoms with van der Waals surface area (Å²) in [5, 5.41) is 0. The predicted molar refractivity (Wildman–Crippen MR) is 114 cm³/mol. The molecule has 150 valence electrons. The second-order valence-corrected chi connectivity index (χ2v) is 8.97. The average Bonchev–Trinajstić information content (AvgIpc) is 3.26. The standard InChI is InChI=1S/C20H25N3O3S2/c1-3-14(2)23-19(24)18(28-20(23)27)12-22-8-6-21(7-9-22)11-15-4-5-16-17(10-15)26-13-25-16/h4-5,10,12,14H,3,6-9,11,13H2,1-2H3/b18-12-/t14-/m0/s1. The maximum Gasteiger partial charge on any atom is 0.267 e. The lowest BCUT2D eigenvalue weighted by molar-refractivity contribution is -0.123. The minimum absolute atomic E-state index is 0.0483. The largest absolute Gasteiger partial charge is 0.454 e. The molecule has 1 atom stereocenters. The lowest BCUT2D eigenvalue weighted by Gasteiger charge is -2.34. The van der Waals surface area contributed by atoms with Gasteiger partial charge in [0.15, 0.2) is 11.5 Å². The van der Waals surface area contributed by atoms with Gasteiger partial charge >= 0.3 is 0 Å².